The van der Waals surface area contributed by atoms with Gasteiger partial charge in [-0.3, -0.25) is 15.0 Å². The molecule has 6 heteroatoms. The summed E-state index contributed by atoms with van der Waals surface area (Å²) in [4.78, 5) is 24.7. The summed E-state index contributed by atoms with van der Waals surface area (Å²) in [6, 6.07) is 14.1. The van der Waals surface area contributed by atoms with Crippen molar-refractivity contribution < 1.29 is 14.3 Å². The number of para-hydroxylation sites is 1. The van der Waals surface area contributed by atoms with Gasteiger partial charge in [-0.2, -0.15) is 0 Å². The van der Waals surface area contributed by atoms with Gasteiger partial charge in [-0.1, -0.05) is 30.2 Å². The van der Waals surface area contributed by atoms with E-state index in [2.05, 4.69) is 27.3 Å². The first-order valence-electron chi connectivity index (χ1n) is 7.38. The van der Waals surface area contributed by atoms with Crippen molar-refractivity contribution >= 4 is 39.5 Å². The molecule has 0 unspecified atom stereocenters. The Morgan fingerprint density at radius 1 is 1.20 bits per heavy atom. The fourth-order valence-corrected chi connectivity index (χ4v) is 2.84. The van der Waals surface area contributed by atoms with Crippen LogP contribution in [0.25, 0.3) is 6.08 Å². The van der Waals surface area contributed by atoms with Crippen molar-refractivity contribution in [3.63, 3.8) is 0 Å². The average Bonchev–Trinajstić information content (AvgIpc) is 2.90. The summed E-state index contributed by atoms with van der Waals surface area (Å²) >= 11 is 3.39. The smallest absolute Gasteiger partial charge is 0.282 e. The lowest BCUT2D eigenvalue weighted by Gasteiger charge is -2.13. The number of hydrogen-bond donors (Lipinski definition) is 1. The lowest BCUT2D eigenvalue weighted by atomic mass is 10.1. The third kappa shape index (κ3) is 3.57. The Bertz CT molecular complexity index is 901. The summed E-state index contributed by atoms with van der Waals surface area (Å²) in [5.41, 5.74) is 3.91. The van der Waals surface area contributed by atoms with Gasteiger partial charge < -0.3 is 4.74 Å². The normalized spacial score (nSPS) is 15.2. The van der Waals surface area contributed by atoms with E-state index < -0.39 is 11.8 Å². The van der Waals surface area contributed by atoms with Gasteiger partial charge in [0.25, 0.3) is 11.8 Å². The molecule has 2 amide bonds. The molecule has 1 heterocycles. The van der Waals surface area contributed by atoms with Gasteiger partial charge in [-0.05, 0) is 51.8 Å². The number of nitrogens with zero attached hydrogens (tertiary/aromatic N) is 1. The van der Waals surface area contributed by atoms with Gasteiger partial charge >= 0.3 is 0 Å². The van der Waals surface area contributed by atoms with Crippen LogP contribution in [0.3, 0.4) is 0 Å². The summed E-state index contributed by atoms with van der Waals surface area (Å²) in [6.07, 6.45) is 6.71. The Kier molecular flexibility index (Phi) is 4.87. The molecule has 1 saturated heterocycles. The van der Waals surface area contributed by atoms with Crippen molar-refractivity contribution in [3.05, 3.63) is 64.1 Å². The molecule has 1 fully saturated rings. The number of ether oxygens (including phenoxy) is 1. The molecule has 0 radical (unpaired) electrons. The predicted octanol–water partition coefficient (Wildman–Crippen LogP) is 2.92. The van der Waals surface area contributed by atoms with E-state index in [0.29, 0.717) is 21.5 Å². The van der Waals surface area contributed by atoms with Crippen LogP contribution in [0.5, 0.6) is 5.75 Å². The minimum Gasteiger partial charge on any atom is -0.480 e. The van der Waals surface area contributed by atoms with Crippen molar-refractivity contribution in [3.8, 4) is 18.1 Å². The molecule has 1 N–H and O–H groups in total. The molecule has 5 nitrogen and oxygen atoms in total. The summed E-state index contributed by atoms with van der Waals surface area (Å²) in [7, 11) is 0. The molecule has 0 aromatic heterocycles. The first-order valence-corrected chi connectivity index (χ1v) is 8.17. The van der Waals surface area contributed by atoms with Gasteiger partial charge in [0.15, 0.2) is 0 Å². The van der Waals surface area contributed by atoms with E-state index >= 15 is 0 Å². The van der Waals surface area contributed by atoms with Gasteiger partial charge in [0.05, 0.1) is 10.2 Å². The minimum atomic E-state index is -0.447. The second-order valence-electron chi connectivity index (χ2n) is 5.16. The van der Waals surface area contributed by atoms with Crippen molar-refractivity contribution in [1.29, 1.82) is 0 Å². The highest BCUT2D eigenvalue weighted by atomic mass is 79.9. The highest BCUT2D eigenvalue weighted by Gasteiger charge is 2.34. The topological polar surface area (TPSA) is 58.6 Å². The zero-order valence-corrected chi connectivity index (χ0v) is 14.6. The van der Waals surface area contributed by atoms with Crippen LogP contribution < -0.4 is 15.2 Å². The first kappa shape index (κ1) is 16.8. The SMILES string of the molecule is C#CCOc1ccc(C=C2C(=O)NN(c3ccccc3)C2=O)cc1Br. The van der Waals surface area contributed by atoms with Gasteiger partial charge in [-0.25, -0.2) is 5.01 Å². The molecular weight excluding hydrogens is 384 g/mol. The lowest BCUT2D eigenvalue weighted by molar-refractivity contribution is -0.117. The first-order chi connectivity index (χ1) is 12.1. The van der Waals surface area contributed by atoms with Crippen LogP contribution >= 0.6 is 15.9 Å². The van der Waals surface area contributed by atoms with Gasteiger partial charge in [-0.15, -0.1) is 6.42 Å². The highest BCUT2D eigenvalue weighted by molar-refractivity contribution is 9.10. The lowest BCUT2D eigenvalue weighted by Crippen LogP contribution is -2.35. The highest BCUT2D eigenvalue weighted by Crippen LogP contribution is 2.28. The third-order valence-corrected chi connectivity index (χ3v) is 4.10. The van der Waals surface area contributed by atoms with Gasteiger partial charge in [0.1, 0.15) is 17.9 Å². The van der Waals surface area contributed by atoms with Crippen LogP contribution in [-0.2, 0) is 9.59 Å². The maximum atomic E-state index is 12.5. The Morgan fingerprint density at radius 2 is 1.96 bits per heavy atom. The zero-order valence-electron chi connectivity index (χ0n) is 13.0. The monoisotopic (exact) mass is 396 g/mol. The molecule has 0 spiro atoms. The molecule has 0 aliphatic carbocycles. The summed E-state index contributed by atoms with van der Waals surface area (Å²) in [6.45, 7) is 0.159. The predicted molar refractivity (Wildman–Crippen MR) is 98.5 cm³/mol. The molecule has 124 valence electrons. The number of carbonyl (C=O) groups excluding carboxylic acids is 2. The van der Waals surface area contributed by atoms with E-state index in [9.17, 15) is 9.59 Å². The molecule has 0 atom stereocenters. The summed E-state index contributed by atoms with van der Waals surface area (Å²) < 4.78 is 6.05. The van der Waals surface area contributed by atoms with Crippen molar-refractivity contribution in [2.75, 3.05) is 11.6 Å². The Labute approximate surface area is 153 Å². The number of carbonyl (C=O) groups is 2. The van der Waals surface area contributed by atoms with E-state index in [-0.39, 0.29) is 12.2 Å². The van der Waals surface area contributed by atoms with Crippen LogP contribution in [0.4, 0.5) is 5.69 Å². The van der Waals surface area contributed by atoms with Crippen LogP contribution in [0.2, 0.25) is 0 Å². The number of amides is 2. The van der Waals surface area contributed by atoms with Crippen LogP contribution in [0.15, 0.2) is 58.6 Å². The number of hydrogen-bond acceptors (Lipinski definition) is 3. The average molecular weight is 397 g/mol. The summed E-state index contributed by atoms with van der Waals surface area (Å²) in [5.74, 6) is 2.13. The number of benzene rings is 2. The minimum absolute atomic E-state index is 0.0630. The van der Waals surface area contributed by atoms with Crippen molar-refractivity contribution in [2.45, 2.75) is 0 Å². The zero-order chi connectivity index (χ0) is 17.8. The van der Waals surface area contributed by atoms with Crippen LogP contribution in [0, 0.1) is 12.3 Å². The Morgan fingerprint density at radius 3 is 2.64 bits per heavy atom. The van der Waals surface area contributed by atoms with Gasteiger partial charge in [0, 0.05) is 0 Å². The standard InChI is InChI=1S/C19H13BrN2O3/c1-2-10-25-17-9-8-13(12-16(17)20)11-15-18(23)21-22(19(15)24)14-6-4-3-5-7-14/h1,3-9,11-12H,10H2,(H,21,23). The molecule has 0 saturated carbocycles. The summed E-state index contributed by atoms with van der Waals surface area (Å²) in [5, 5.41) is 1.23. The molecular formula is C19H13BrN2O3. The number of hydrazine groups is 1. The molecule has 25 heavy (non-hydrogen) atoms. The number of rotatable bonds is 4. The molecule has 2 aromatic carbocycles. The fraction of sp³-hybridized carbons (Fsp3) is 0.0526. The largest absolute Gasteiger partial charge is 0.480 e. The third-order valence-electron chi connectivity index (χ3n) is 3.48. The van der Waals surface area contributed by atoms with E-state index in [1.54, 1.807) is 42.5 Å². The number of terminal acetylenes is 1. The Balaban J connectivity index is 1.86. The van der Waals surface area contributed by atoms with E-state index in [4.69, 9.17) is 11.2 Å². The van der Waals surface area contributed by atoms with Crippen molar-refractivity contribution in [1.82, 2.24) is 5.43 Å². The van der Waals surface area contributed by atoms with Gasteiger partial charge in [0.2, 0.25) is 0 Å². The maximum Gasteiger partial charge on any atom is 0.282 e. The second-order valence-corrected chi connectivity index (χ2v) is 6.01. The second kappa shape index (κ2) is 7.24. The molecule has 3 rings (SSSR count). The van der Waals surface area contributed by atoms with Crippen LogP contribution in [0.1, 0.15) is 5.56 Å². The fourth-order valence-electron chi connectivity index (χ4n) is 2.33. The number of halogens is 1. The van der Waals surface area contributed by atoms with Crippen LogP contribution in [-0.4, -0.2) is 18.4 Å². The maximum absolute atomic E-state index is 12.5. The molecule has 1 aliphatic heterocycles. The van der Waals surface area contributed by atoms with Crippen molar-refractivity contribution in [2.24, 2.45) is 0 Å². The molecule has 0 bridgehead atoms. The Hall–Kier alpha value is -3.04. The van der Waals surface area contributed by atoms with E-state index in [1.165, 1.54) is 11.1 Å². The molecule has 1 aliphatic rings. The van der Waals surface area contributed by atoms with E-state index in [1.807, 2.05) is 6.07 Å². The van der Waals surface area contributed by atoms with E-state index in [0.717, 1.165) is 0 Å². The number of nitrogens with one attached hydrogen (secondary N) is 1. The number of anilines is 1. The quantitative estimate of drug-likeness (QED) is 0.491. The molecule has 2 aromatic rings.